The Morgan fingerprint density at radius 1 is 1.61 bits per heavy atom. The molecule has 7 heteroatoms. The van der Waals surface area contributed by atoms with Crippen molar-refractivity contribution in [2.45, 2.75) is 19.0 Å². The van der Waals surface area contributed by atoms with Crippen molar-refractivity contribution < 1.29 is 17.6 Å². The lowest BCUT2D eigenvalue weighted by atomic mass is 10.3. The van der Waals surface area contributed by atoms with Crippen molar-refractivity contribution in [2.75, 3.05) is 18.6 Å². The van der Waals surface area contributed by atoms with E-state index in [9.17, 15) is 13.2 Å². The van der Waals surface area contributed by atoms with Crippen molar-refractivity contribution in [2.24, 2.45) is 0 Å². The lowest BCUT2D eigenvalue weighted by Crippen LogP contribution is -2.43. The van der Waals surface area contributed by atoms with E-state index in [2.05, 4.69) is 5.32 Å². The van der Waals surface area contributed by atoms with Crippen molar-refractivity contribution in [1.82, 2.24) is 10.2 Å². The van der Waals surface area contributed by atoms with Gasteiger partial charge in [-0.1, -0.05) is 0 Å². The molecule has 0 unspecified atom stereocenters. The average Bonchev–Trinajstić information content (AvgIpc) is 2.88. The first-order valence-corrected chi connectivity index (χ1v) is 7.53. The van der Waals surface area contributed by atoms with Crippen LogP contribution in [0.3, 0.4) is 0 Å². The molecular weight excluding hydrogens is 256 g/mol. The number of nitrogens with zero attached hydrogens (tertiary/aromatic N) is 1. The van der Waals surface area contributed by atoms with Gasteiger partial charge in [-0.05, 0) is 18.6 Å². The van der Waals surface area contributed by atoms with Gasteiger partial charge in [0.05, 0.1) is 24.3 Å². The summed E-state index contributed by atoms with van der Waals surface area (Å²) in [4.78, 5) is 13.3. The zero-order valence-electron chi connectivity index (χ0n) is 10.1. The second-order valence-electron chi connectivity index (χ2n) is 4.48. The first-order valence-electron chi connectivity index (χ1n) is 5.71. The maximum absolute atomic E-state index is 11.8. The summed E-state index contributed by atoms with van der Waals surface area (Å²) < 4.78 is 27.7. The fourth-order valence-electron chi connectivity index (χ4n) is 1.90. The first kappa shape index (κ1) is 12.9. The van der Waals surface area contributed by atoms with Gasteiger partial charge < -0.3 is 14.6 Å². The van der Waals surface area contributed by atoms with Gasteiger partial charge in [-0.3, -0.25) is 0 Å². The van der Waals surface area contributed by atoms with Crippen molar-refractivity contribution in [3.05, 3.63) is 24.2 Å². The summed E-state index contributed by atoms with van der Waals surface area (Å²) in [6.45, 7) is 0.359. The molecule has 1 N–H and O–H groups in total. The minimum atomic E-state index is -2.97. The summed E-state index contributed by atoms with van der Waals surface area (Å²) in [5.74, 6) is 0.874. The SMILES string of the molecule is CN(Cc1ccco1)C(=O)N[C@@H]1CCS(=O)(=O)C1. The number of carbonyl (C=O) groups excluding carboxylic acids is 1. The van der Waals surface area contributed by atoms with E-state index in [1.807, 2.05) is 0 Å². The predicted molar refractivity (Wildman–Crippen MR) is 65.8 cm³/mol. The maximum atomic E-state index is 11.8. The van der Waals surface area contributed by atoms with Gasteiger partial charge in [0.15, 0.2) is 9.84 Å². The predicted octanol–water partition coefficient (Wildman–Crippen LogP) is 0.608. The van der Waals surface area contributed by atoms with Crippen LogP contribution in [0.15, 0.2) is 22.8 Å². The molecule has 18 heavy (non-hydrogen) atoms. The Hall–Kier alpha value is -1.50. The molecule has 1 saturated heterocycles. The highest BCUT2D eigenvalue weighted by atomic mass is 32.2. The van der Waals surface area contributed by atoms with E-state index in [0.717, 1.165) is 0 Å². The largest absolute Gasteiger partial charge is 0.467 e. The minimum absolute atomic E-state index is 0.0351. The summed E-state index contributed by atoms with van der Waals surface area (Å²) in [5, 5.41) is 2.71. The highest BCUT2D eigenvalue weighted by Crippen LogP contribution is 2.12. The number of hydrogen-bond donors (Lipinski definition) is 1. The number of sulfone groups is 1. The van der Waals surface area contributed by atoms with E-state index in [0.29, 0.717) is 18.7 Å². The lowest BCUT2D eigenvalue weighted by Gasteiger charge is -2.19. The van der Waals surface area contributed by atoms with Crippen LogP contribution in [-0.2, 0) is 16.4 Å². The van der Waals surface area contributed by atoms with Crippen LogP contribution in [0.1, 0.15) is 12.2 Å². The van der Waals surface area contributed by atoms with Crippen LogP contribution in [0, 0.1) is 0 Å². The molecule has 0 bridgehead atoms. The molecule has 0 aromatic carbocycles. The third-order valence-corrected chi connectivity index (χ3v) is 4.65. The van der Waals surface area contributed by atoms with Crippen molar-refractivity contribution >= 4 is 15.9 Å². The number of carbonyl (C=O) groups is 1. The summed E-state index contributed by atoms with van der Waals surface area (Å²) in [6.07, 6.45) is 2.04. The molecule has 2 rings (SSSR count). The van der Waals surface area contributed by atoms with Gasteiger partial charge in [0.25, 0.3) is 0 Å². The van der Waals surface area contributed by atoms with E-state index >= 15 is 0 Å². The summed E-state index contributed by atoms with van der Waals surface area (Å²) >= 11 is 0. The Balaban J connectivity index is 1.85. The maximum Gasteiger partial charge on any atom is 0.317 e. The van der Waals surface area contributed by atoms with E-state index in [1.165, 1.54) is 4.90 Å². The van der Waals surface area contributed by atoms with Crippen LogP contribution in [0.25, 0.3) is 0 Å². The molecular formula is C11H16N2O4S. The summed E-state index contributed by atoms with van der Waals surface area (Å²) in [5.41, 5.74) is 0. The van der Waals surface area contributed by atoms with Gasteiger partial charge in [0.2, 0.25) is 0 Å². The Bertz CT molecular complexity index is 509. The number of amides is 2. The highest BCUT2D eigenvalue weighted by Gasteiger charge is 2.29. The summed E-state index contributed by atoms with van der Waals surface area (Å²) in [6, 6.07) is 2.98. The van der Waals surface area contributed by atoms with Gasteiger partial charge in [-0.15, -0.1) is 0 Å². The molecule has 1 atom stereocenters. The van der Waals surface area contributed by atoms with Gasteiger partial charge in [-0.25, -0.2) is 13.2 Å². The molecule has 0 radical (unpaired) electrons. The highest BCUT2D eigenvalue weighted by molar-refractivity contribution is 7.91. The molecule has 1 aliphatic rings. The first-order chi connectivity index (χ1) is 8.46. The molecule has 6 nitrogen and oxygen atoms in total. The molecule has 100 valence electrons. The van der Waals surface area contributed by atoms with Crippen LogP contribution in [0.2, 0.25) is 0 Å². The molecule has 1 aromatic rings. The quantitative estimate of drug-likeness (QED) is 0.874. The molecule has 0 spiro atoms. The van der Waals surface area contributed by atoms with Gasteiger partial charge in [0.1, 0.15) is 5.76 Å². The van der Waals surface area contributed by atoms with Crippen LogP contribution in [0.4, 0.5) is 4.79 Å². The Kier molecular flexibility index (Phi) is 3.60. The summed E-state index contributed by atoms with van der Waals surface area (Å²) in [7, 11) is -1.33. The van der Waals surface area contributed by atoms with Gasteiger partial charge in [0, 0.05) is 13.1 Å². The smallest absolute Gasteiger partial charge is 0.317 e. The normalized spacial score (nSPS) is 21.7. The number of furan rings is 1. The number of hydrogen-bond acceptors (Lipinski definition) is 4. The molecule has 2 heterocycles. The third kappa shape index (κ3) is 3.25. The van der Waals surface area contributed by atoms with Gasteiger partial charge in [-0.2, -0.15) is 0 Å². The molecule has 0 saturated carbocycles. The van der Waals surface area contributed by atoms with Crippen LogP contribution in [-0.4, -0.2) is 43.9 Å². The van der Waals surface area contributed by atoms with Crippen molar-refractivity contribution in [3.8, 4) is 0 Å². The topological polar surface area (TPSA) is 79.6 Å². The Labute approximate surface area is 106 Å². The Morgan fingerprint density at radius 3 is 2.94 bits per heavy atom. The second-order valence-corrected chi connectivity index (χ2v) is 6.71. The monoisotopic (exact) mass is 272 g/mol. The van der Waals surface area contributed by atoms with Crippen LogP contribution >= 0.6 is 0 Å². The Morgan fingerprint density at radius 2 is 2.39 bits per heavy atom. The van der Waals surface area contributed by atoms with Crippen LogP contribution in [0.5, 0.6) is 0 Å². The zero-order chi connectivity index (χ0) is 13.2. The van der Waals surface area contributed by atoms with Crippen molar-refractivity contribution in [1.29, 1.82) is 0 Å². The molecule has 1 aliphatic heterocycles. The van der Waals surface area contributed by atoms with Crippen molar-refractivity contribution in [3.63, 3.8) is 0 Å². The average molecular weight is 272 g/mol. The zero-order valence-corrected chi connectivity index (χ0v) is 10.9. The molecule has 2 amide bonds. The number of urea groups is 1. The molecule has 0 aliphatic carbocycles. The van der Waals surface area contributed by atoms with Gasteiger partial charge >= 0.3 is 6.03 Å². The molecule has 1 fully saturated rings. The standard InChI is InChI=1S/C11H16N2O4S/c1-13(7-10-3-2-5-17-10)11(14)12-9-4-6-18(15,16)8-9/h2-3,5,9H,4,6-8H2,1H3,(H,12,14)/t9-/m1/s1. The van der Waals surface area contributed by atoms with Crippen LogP contribution < -0.4 is 5.32 Å². The third-order valence-electron chi connectivity index (χ3n) is 2.88. The second kappa shape index (κ2) is 5.01. The number of nitrogens with one attached hydrogen (secondary N) is 1. The fourth-order valence-corrected chi connectivity index (χ4v) is 3.58. The van der Waals surface area contributed by atoms with E-state index in [4.69, 9.17) is 4.42 Å². The van der Waals surface area contributed by atoms with E-state index in [-0.39, 0.29) is 23.6 Å². The molecule has 1 aromatic heterocycles. The fraction of sp³-hybridized carbons (Fsp3) is 0.545. The number of rotatable bonds is 3. The lowest BCUT2D eigenvalue weighted by molar-refractivity contribution is 0.200. The van der Waals surface area contributed by atoms with E-state index < -0.39 is 9.84 Å². The minimum Gasteiger partial charge on any atom is -0.467 e. The van der Waals surface area contributed by atoms with E-state index in [1.54, 1.807) is 25.4 Å².